The van der Waals surface area contributed by atoms with Crippen molar-refractivity contribution in [1.29, 1.82) is 0 Å². The monoisotopic (exact) mass is 412 g/mol. The van der Waals surface area contributed by atoms with E-state index in [1.54, 1.807) is 0 Å². The van der Waals surface area contributed by atoms with Crippen LogP contribution in [0.3, 0.4) is 0 Å². The van der Waals surface area contributed by atoms with Crippen LogP contribution in [0.15, 0.2) is 11.6 Å². The third-order valence-electron chi connectivity index (χ3n) is 9.05. The molecule has 4 rings (SSSR count). The quantitative estimate of drug-likeness (QED) is 0.544. The summed E-state index contributed by atoms with van der Waals surface area (Å²) in [4.78, 5) is 12.3. The van der Waals surface area contributed by atoms with Crippen molar-refractivity contribution in [2.24, 2.45) is 28.6 Å². The van der Waals surface area contributed by atoms with E-state index in [-0.39, 0.29) is 16.6 Å². The first-order chi connectivity index (χ1) is 12.9. The molecule has 3 fully saturated rings. The van der Waals surface area contributed by atoms with Crippen molar-refractivity contribution >= 4 is 16.2 Å². The summed E-state index contributed by atoms with van der Waals surface area (Å²) in [5.74, 6) is 1.16. The van der Waals surface area contributed by atoms with E-state index >= 15 is 0 Å². The molecule has 0 radical (unpaired) electrons. The summed E-state index contributed by atoms with van der Waals surface area (Å²) in [5, 5.41) is 11.2. The van der Waals surface area contributed by atoms with Crippen LogP contribution in [0.5, 0.6) is 0 Å². The van der Waals surface area contributed by atoms with Gasteiger partial charge < -0.3 is 5.11 Å². The van der Waals surface area contributed by atoms with Crippen LogP contribution in [0.25, 0.3) is 0 Å². The molecular weight excluding hydrogens is 380 g/mol. The largest absolute Gasteiger partial charge is 0.397 e. The highest BCUT2D eigenvalue weighted by atomic mass is 32.3. The number of Topliss-reactive ketones (excluding diaryl/α,β-unsaturated/α-hetero) is 1. The molecule has 6 nitrogen and oxygen atoms in total. The van der Waals surface area contributed by atoms with Crippen LogP contribution in [-0.4, -0.2) is 35.6 Å². The van der Waals surface area contributed by atoms with E-state index in [0.29, 0.717) is 37.0 Å². The lowest BCUT2D eigenvalue weighted by molar-refractivity contribution is -0.159. The Hall–Kier alpha value is -0.760. The highest BCUT2D eigenvalue weighted by Crippen LogP contribution is 2.67. The van der Waals surface area contributed by atoms with Gasteiger partial charge in [0.15, 0.2) is 5.78 Å². The third kappa shape index (κ3) is 2.84. The van der Waals surface area contributed by atoms with E-state index in [4.69, 9.17) is 8.74 Å². The van der Waals surface area contributed by atoms with Crippen LogP contribution in [0, 0.1) is 28.6 Å². The van der Waals surface area contributed by atoms with Gasteiger partial charge in [0.05, 0.1) is 6.10 Å². The summed E-state index contributed by atoms with van der Waals surface area (Å²) < 4.78 is 36.1. The molecule has 28 heavy (non-hydrogen) atoms. The van der Waals surface area contributed by atoms with Crippen LogP contribution < -0.4 is 0 Å². The van der Waals surface area contributed by atoms with Gasteiger partial charge in [-0.1, -0.05) is 25.5 Å². The second-order valence-corrected chi connectivity index (χ2v) is 11.1. The standard InChI is InChI=1S/C21H32O6S/c1-13(22)21(23)11-8-18-16-5-4-14-12-15(27-28(24,25)26)6-9-19(14,2)17(16)7-10-20(18,21)3/h4,15-18,23H,5-12H2,1-3H3,(H,24,25,26)/t15-,16-,17+,18+,19-,20+,21+/m0/s1. The molecule has 0 aromatic rings. The summed E-state index contributed by atoms with van der Waals surface area (Å²) in [7, 11) is -4.43. The maximum Gasteiger partial charge on any atom is 0.397 e. The predicted molar refractivity (Wildman–Crippen MR) is 104 cm³/mol. The van der Waals surface area contributed by atoms with E-state index in [1.807, 2.05) is 0 Å². The molecule has 158 valence electrons. The summed E-state index contributed by atoms with van der Waals surface area (Å²) >= 11 is 0. The highest BCUT2D eigenvalue weighted by Gasteiger charge is 2.65. The molecule has 7 atom stereocenters. The molecule has 0 saturated heterocycles. The predicted octanol–water partition coefficient (Wildman–Crippen LogP) is 3.46. The van der Waals surface area contributed by atoms with Gasteiger partial charge >= 0.3 is 10.4 Å². The molecule has 0 aromatic heterocycles. The number of allylic oxidation sites excluding steroid dienone is 1. The van der Waals surface area contributed by atoms with E-state index < -0.39 is 22.1 Å². The van der Waals surface area contributed by atoms with Gasteiger partial charge in [-0.15, -0.1) is 0 Å². The van der Waals surface area contributed by atoms with Crippen molar-refractivity contribution < 1.29 is 27.1 Å². The zero-order valence-corrected chi connectivity index (χ0v) is 17.8. The number of rotatable bonds is 3. The molecule has 0 aliphatic heterocycles. The highest BCUT2D eigenvalue weighted by molar-refractivity contribution is 7.80. The average Bonchev–Trinajstić information content (AvgIpc) is 2.87. The third-order valence-corrected chi connectivity index (χ3v) is 9.57. The number of carbonyl (C=O) groups is 1. The Balaban J connectivity index is 1.61. The van der Waals surface area contributed by atoms with Crippen molar-refractivity contribution in [3.05, 3.63) is 11.6 Å². The lowest BCUT2D eigenvalue weighted by Gasteiger charge is -2.58. The van der Waals surface area contributed by atoms with Crippen molar-refractivity contribution in [2.45, 2.75) is 83.8 Å². The topological polar surface area (TPSA) is 101 Å². The minimum absolute atomic E-state index is 0.000252. The van der Waals surface area contributed by atoms with E-state index in [1.165, 1.54) is 12.5 Å². The first-order valence-corrected chi connectivity index (χ1v) is 11.9. The molecule has 0 spiro atoms. The SMILES string of the molecule is CC(=O)[C@]1(O)CC[C@@H]2[C@H]3CC=C4C[C@@H](OS(=O)(=O)O)CC[C@]4(C)[C@@H]3CC[C@]21C. The van der Waals surface area contributed by atoms with Crippen molar-refractivity contribution in [3.63, 3.8) is 0 Å². The van der Waals surface area contributed by atoms with Gasteiger partial charge in [-0.2, -0.15) is 8.42 Å². The molecule has 0 unspecified atom stereocenters. The van der Waals surface area contributed by atoms with Gasteiger partial charge in [0.2, 0.25) is 0 Å². The molecule has 0 heterocycles. The average molecular weight is 413 g/mol. The lowest BCUT2D eigenvalue weighted by Crippen LogP contribution is -2.57. The number of hydrogen-bond donors (Lipinski definition) is 2. The van der Waals surface area contributed by atoms with Gasteiger partial charge in [0.25, 0.3) is 0 Å². The summed E-state index contributed by atoms with van der Waals surface area (Å²) in [6, 6.07) is 0. The molecular formula is C21H32O6S. The molecule has 7 heteroatoms. The molecule has 4 aliphatic carbocycles. The number of ketones is 1. The molecule has 2 N–H and O–H groups in total. The summed E-state index contributed by atoms with van der Waals surface area (Å²) in [6.07, 6.45) is 7.92. The Bertz CT molecular complexity index is 819. The second kappa shape index (κ2) is 6.37. The van der Waals surface area contributed by atoms with Gasteiger partial charge in [-0.05, 0) is 81.5 Å². The minimum atomic E-state index is -4.43. The smallest absolute Gasteiger partial charge is 0.382 e. The fourth-order valence-corrected chi connectivity index (χ4v) is 7.98. The number of fused-ring (bicyclic) bond motifs is 5. The Morgan fingerprint density at radius 3 is 2.46 bits per heavy atom. The zero-order valence-electron chi connectivity index (χ0n) is 17.0. The van der Waals surface area contributed by atoms with Crippen LogP contribution in [0.4, 0.5) is 0 Å². The molecule has 4 aliphatic rings. The normalized spacial score (nSPS) is 48.2. The van der Waals surface area contributed by atoms with Gasteiger partial charge in [0.1, 0.15) is 5.60 Å². The van der Waals surface area contributed by atoms with Gasteiger partial charge in [-0.3, -0.25) is 9.35 Å². The van der Waals surface area contributed by atoms with Crippen molar-refractivity contribution in [2.75, 3.05) is 0 Å². The first-order valence-electron chi connectivity index (χ1n) is 10.5. The summed E-state index contributed by atoms with van der Waals surface area (Å²) in [6.45, 7) is 5.92. The minimum Gasteiger partial charge on any atom is -0.382 e. The Morgan fingerprint density at radius 1 is 1.14 bits per heavy atom. The van der Waals surface area contributed by atoms with E-state index in [0.717, 1.165) is 32.1 Å². The Morgan fingerprint density at radius 2 is 1.82 bits per heavy atom. The second-order valence-electron chi connectivity index (χ2n) is 10.1. The number of carbonyl (C=O) groups excluding carboxylic acids is 1. The first kappa shape index (κ1) is 20.5. The van der Waals surface area contributed by atoms with Gasteiger partial charge in [0, 0.05) is 5.41 Å². The van der Waals surface area contributed by atoms with Crippen LogP contribution in [0.1, 0.15) is 72.1 Å². The zero-order chi connectivity index (χ0) is 20.5. The molecule has 0 aromatic carbocycles. The van der Waals surface area contributed by atoms with Crippen LogP contribution in [-0.2, 0) is 19.4 Å². The number of hydrogen-bond acceptors (Lipinski definition) is 5. The van der Waals surface area contributed by atoms with E-state index in [2.05, 4.69) is 19.9 Å². The molecule has 0 bridgehead atoms. The molecule has 3 saturated carbocycles. The summed E-state index contributed by atoms with van der Waals surface area (Å²) in [5.41, 5.74) is -0.307. The lowest BCUT2D eigenvalue weighted by atomic mass is 9.47. The number of aliphatic hydroxyl groups is 1. The molecule has 0 amide bonds. The van der Waals surface area contributed by atoms with Crippen LogP contribution >= 0.6 is 0 Å². The Labute approximate surface area is 167 Å². The van der Waals surface area contributed by atoms with Crippen molar-refractivity contribution in [1.82, 2.24) is 0 Å². The maximum atomic E-state index is 12.3. The maximum absolute atomic E-state index is 12.3. The fourth-order valence-electron chi connectivity index (χ4n) is 7.48. The fraction of sp³-hybridized carbons (Fsp3) is 0.857. The van der Waals surface area contributed by atoms with Crippen LogP contribution in [0.2, 0.25) is 0 Å². The van der Waals surface area contributed by atoms with Gasteiger partial charge in [-0.25, -0.2) is 4.18 Å². The van der Waals surface area contributed by atoms with Crippen molar-refractivity contribution in [3.8, 4) is 0 Å². The Kier molecular flexibility index (Phi) is 4.66. The van der Waals surface area contributed by atoms with E-state index in [9.17, 15) is 18.3 Å².